The molecule has 0 aliphatic carbocycles. The molecule has 4 heteroatoms. The SMILES string of the molecule is CNCC(c1ccc(OC)cc1)N1CCOCC1. The third-order valence-electron chi connectivity index (χ3n) is 3.38. The molecule has 1 aliphatic rings. The van der Waals surface area contributed by atoms with E-state index in [0.717, 1.165) is 38.6 Å². The van der Waals surface area contributed by atoms with Crippen molar-refractivity contribution in [3.8, 4) is 5.75 Å². The zero-order chi connectivity index (χ0) is 12.8. The van der Waals surface area contributed by atoms with E-state index in [1.165, 1.54) is 5.56 Å². The summed E-state index contributed by atoms with van der Waals surface area (Å²) in [6.45, 7) is 4.61. The smallest absolute Gasteiger partial charge is 0.118 e. The van der Waals surface area contributed by atoms with Crippen LogP contribution in [0.25, 0.3) is 0 Å². The molecule has 4 nitrogen and oxygen atoms in total. The first-order valence-electron chi connectivity index (χ1n) is 6.45. The van der Waals surface area contributed by atoms with Crippen LogP contribution < -0.4 is 10.1 Å². The zero-order valence-corrected chi connectivity index (χ0v) is 11.2. The molecular weight excluding hydrogens is 228 g/mol. The Balaban J connectivity index is 2.11. The van der Waals surface area contributed by atoms with Crippen molar-refractivity contribution in [3.63, 3.8) is 0 Å². The third kappa shape index (κ3) is 3.22. The Morgan fingerprint density at radius 3 is 2.50 bits per heavy atom. The van der Waals surface area contributed by atoms with Crippen molar-refractivity contribution in [2.45, 2.75) is 6.04 Å². The fourth-order valence-corrected chi connectivity index (χ4v) is 2.37. The lowest BCUT2D eigenvalue weighted by molar-refractivity contribution is 0.0165. The number of ether oxygens (including phenoxy) is 2. The van der Waals surface area contributed by atoms with Gasteiger partial charge in [0, 0.05) is 25.7 Å². The maximum atomic E-state index is 5.42. The summed E-state index contributed by atoms with van der Waals surface area (Å²) in [5, 5.41) is 3.28. The number of rotatable bonds is 5. The zero-order valence-electron chi connectivity index (χ0n) is 11.2. The maximum absolute atomic E-state index is 5.42. The van der Waals surface area contributed by atoms with E-state index in [1.807, 2.05) is 19.2 Å². The van der Waals surface area contributed by atoms with E-state index in [1.54, 1.807) is 7.11 Å². The lowest BCUT2D eigenvalue weighted by atomic mass is 10.0. The number of nitrogens with zero attached hydrogens (tertiary/aromatic N) is 1. The molecule has 1 aromatic carbocycles. The summed E-state index contributed by atoms with van der Waals surface area (Å²) >= 11 is 0. The lowest BCUT2D eigenvalue weighted by Crippen LogP contribution is -2.42. The molecule has 1 N–H and O–H groups in total. The monoisotopic (exact) mass is 250 g/mol. The molecule has 1 fully saturated rings. The number of methoxy groups -OCH3 is 1. The van der Waals surface area contributed by atoms with Gasteiger partial charge in [0.2, 0.25) is 0 Å². The van der Waals surface area contributed by atoms with E-state index < -0.39 is 0 Å². The van der Waals surface area contributed by atoms with Gasteiger partial charge in [-0.05, 0) is 24.7 Å². The molecule has 0 saturated carbocycles. The fraction of sp³-hybridized carbons (Fsp3) is 0.571. The van der Waals surface area contributed by atoms with Crippen LogP contribution in [0.3, 0.4) is 0 Å². The van der Waals surface area contributed by atoms with Gasteiger partial charge in [0.25, 0.3) is 0 Å². The Bertz CT molecular complexity index is 347. The summed E-state index contributed by atoms with van der Waals surface area (Å²) in [5.74, 6) is 0.906. The molecule has 1 aromatic rings. The Morgan fingerprint density at radius 1 is 1.28 bits per heavy atom. The van der Waals surface area contributed by atoms with Crippen molar-refractivity contribution < 1.29 is 9.47 Å². The molecule has 100 valence electrons. The van der Waals surface area contributed by atoms with Gasteiger partial charge in [-0.25, -0.2) is 0 Å². The minimum absolute atomic E-state index is 0.407. The molecule has 1 aliphatic heterocycles. The molecule has 0 radical (unpaired) electrons. The molecule has 2 rings (SSSR count). The molecule has 1 saturated heterocycles. The van der Waals surface area contributed by atoms with Crippen LogP contribution in [0, 0.1) is 0 Å². The Kier molecular flexibility index (Phi) is 4.99. The molecule has 0 aromatic heterocycles. The summed E-state index contributed by atoms with van der Waals surface area (Å²) in [6.07, 6.45) is 0. The van der Waals surface area contributed by atoms with Gasteiger partial charge in [-0.2, -0.15) is 0 Å². The third-order valence-corrected chi connectivity index (χ3v) is 3.38. The predicted octanol–water partition coefficient (Wildman–Crippen LogP) is 1.29. The van der Waals surface area contributed by atoms with Crippen molar-refractivity contribution >= 4 is 0 Å². The standard InChI is InChI=1S/C14H22N2O2/c1-15-11-14(16-7-9-18-10-8-16)12-3-5-13(17-2)6-4-12/h3-6,14-15H,7-11H2,1-2H3. The summed E-state index contributed by atoms with van der Waals surface area (Å²) in [6, 6.07) is 8.76. The number of hydrogen-bond donors (Lipinski definition) is 1. The first-order valence-corrected chi connectivity index (χ1v) is 6.45. The van der Waals surface area contributed by atoms with E-state index in [4.69, 9.17) is 9.47 Å². The first kappa shape index (κ1) is 13.3. The average molecular weight is 250 g/mol. The van der Waals surface area contributed by atoms with Crippen LogP contribution in [-0.2, 0) is 4.74 Å². The minimum atomic E-state index is 0.407. The van der Waals surface area contributed by atoms with Gasteiger partial charge in [0.1, 0.15) is 5.75 Å². The topological polar surface area (TPSA) is 33.7 Å². The Hall–Kier alpha value is -1.10. The minimum Gasteiger partial charge on any atom is -0.497 e. The predicted molar refractivity (Wildman–Crippen MR) is 72.1 cm³/mol. The summed E-state index contributed by atoms with van der Waals surface area (Å²) in [4.78, 5) is 2.47. The van der Waals surface area contributed by atoms with Crippen LogP contribution >= 0.6 is 0 Å². The highest BCUT2D eigenvalue weighted by molar-refractivity contribution is 5.29. The van der Waals surface area contributed by atoms with Crippen LogP contribution in [-0.4, -0.2) is 51.9 Å². The number of likely N-dealkylation sites (N-methyl/N-ethyl adjacent to an activating group) is 1. The highest BCUT2D eigenvalue weighted by Crippen LogP contribution is 2.23. The van der Waals surface area contributed by atoms with E-state index in [2.05, 4.69) is 22.3 Å². The molecule has 1 unspecified atom stereocenters. The van der Waals surface area contributed by atoms with Crippen LogP contribution in [0.5, 0.6) is 5.75 Å². The number of hydrogen-bond acceptors (Lipinski definition) is 4. The van der Waals surface area contributed by atoms with Crippen LogP contribution in [0.2, 0.25) is 0 Å². The molecule has 0 spiro atoms. The largest absolute Gasteiger partial charge is 0.497 e. The second-order valence-electron chi connectivity index (χ2n) is 4.49. The van der Waals surface area contributed by atoms with Crippen molar-refractivity contribution in [2.24, 2.45) is 0 Å². The quantitative estimate of drug-likeness (QED) is 0.854. The van der Waals surface area contributed by atoms with Crippen LogP contribution in [0.1, 0.15) is 11.6 Å². The van der Waals surface area contributed by atoms with Crippen molar-refractivity contribution in [2.75, 3.05) is 47.0 Å². The summed E-state index contributed by atoms with van der Waals surface area (Å²) in [7, 11) is 3.69. The van der Waals surface area contributed by atoms with Crippen molar-refractivity contribution in [3.05, 3.63) is 29.8 Å². The molecule has 0 bridgehead atoms. The van der Waals surface area contributed by atoms with E-state index >= 15 is 0 Å². The average Bonchev–Trinajstić information content (AvgIpc) is 2.46. The van der Waals surface area contributed by atoms with Gasteiger partial charge in [0.05, 0.1) is 20.3 Å². The molecule has 18 heavy (non-hydrogen) atoms. The van der Waals surface area contributed by atoms with Crippen LogP contribution in [0.15, 0.2) is 24.3 Å². The molecule has 0 amide bonds. The second kappa shape index (κ2) is 6.73. The van der Waals surface area contributed by atoms with E-state index in [9.17, 15) is 0 Å². The maximum Gasteiger partial charge on any atom is 0.118 e. The van der Waals surface area contributed by atoms with Gasteiger partial charge in [-0.1, -0.05) is 12.1 Å². The Morgan fingerprint density at radius 2 is 1.94 bits per heavy atom. The summed E-state index contributed by atoms with van der Waals surface area (Å²) in [5.41, 5.74) is 1.33. The first-order chi connectivity index (χ1) is 8.85. The van der Waals surface area contributed by atoms with Gasteiger partial charge in [-0.15, -0.1) is 0 Å². The van der Waals surface area contributed by atoms with E-state index in [0.29, 0.717) is 6.04 Å². The van der Waals surface area contributed by atoms with Crippen molar-refractivity contribution in [1.29, 1.82) is 0 Å². The molecule has 1 atom stereocenters. The number of benzene rings is 1. The second-order valence-corrected chi connectivity index (χ2v) is 4.49. The normalized spacial score (nSPS) is 18.6. The fourth-order valence-electron chi connectivity index (χ4n) is 2.37. The lowest BCUT2D eigenvalue weighted by Gasteiger charge is -2.34. The van der Waals surface area contributed by atoms with Crippen molar-refractivity contribution in [1.82, 2.24) is 10.2 Å². The van der Waals surface area contributed by atoms with Gasteiger partial charge in [0.15, 0.2) is 0 Å². The highest BCUT2D eigenvalue weighted by atomic mass is 16.5. The summed E-state index contributed by atoms with van der Waals surface area (Å²) < 4.78 is 10.6. The molecule has 1 heterocycles. The van der Waals surface area contributed by atoms with Gasteiger partial charge < -0.3 is 14.8 Å². The number of morpholine rings is 1. The number of nitrogens with one attached hydrogen (secondary N) is 1. The van der Waals surface area contributed by atoms with Gasteiger partial charge in [-0.3, -0.25) is 4.90 Å². The van der Waals surface area contributed by atoms with Crippen LogP contribution in [0.4, 0.5) is 0 Å². The Labute approximate surface area is 109 Å². The van der Waals surface area contributed by atoms with E-state index in [-0.39, 0.29) is 0 Å². The highest BCUT2D eigenvalue weighted by Gasteiger charge is 2.21. The molecular formula is C14H22N2O2. The van der Waals surface area contributed by atoms with Gasteiger partial charge >= 0.3 is 0 Å².